The van der Waals surface area contributed by atoms with E-state index >= 15 is 0 Å². The van der Waals surface area contributed by atoms with Gasteiger partial charge >= 0.3 is 0 Å². The summed E-state index contributed by atoms with van der Waals surface area (Å²) in [7, 11) is 0. The van der Waals surface area contributed by atoms with Crippen LogP contribution in [0.1, 0.15) is 11.5 Å². The molecular formula is C14H19N3O2. The highest BCUT2D eigenvalue weighted by Gasteiger charge is 2.12. The molecule has 1 aliphatic heterocycles. The molecule has 5 heteroatoms. The van der Waals surface area contributed by atoms with Gasteiger partial charge in [0.05, 0.1) is 12.7 Å². The SMILES string of the molecule is Cc1nc2cc(CNCC3CNCCO3)ccc2o1. The molecule has 0 saturated carbocycles. The summed E-state index contributed by atoms with van der Waals surface area (Å²) < 4.78 is 11.1. The Morgan fingerprint density at radius 3 is 3.26 bits per heavy atom. The molecule has 19 heavy (non-hydrogen) atoms. The average Bonchev–Trinajstić information content (AvgIpc) is 2.79. The first-order valence-electron chi connectivity index (χ1n) is 6.70. The van der Waals surface area contributed by atoms with E-state index in [2.05, 4.69) is 27.8 Å². The Morgan fingerprint density at radius 1 is 1.47 bits per heavy atom. The third-order valence-electron chi connectivity index (χ3n) is 3.26. The minimum atomic E-state index is 0.270. The Morgan fingerprint density at radius 2 is 2.42 bits per heavy atom. The maximum absolute atomic E-state index is 5.64. The first kappa shape index (κ1) is 12.6. The van der Waals surface area contributed by atoms with Crippen molar-refractivity contribution in [1.82, 2.24) is 15.6 Å². The number of aryl methyl sites for hydroxylation is 1. The van der Waals surface area contributed by atoms with Crippen molar-refractivity contribution in [3.05, 3.63) is 29.7 Å². The Bertz CT molecular complexity index is 547. The van der Waals surface area contributed by atoms with Crippen LogP contribution >= 0.6 is 0 Å². The van der Waals surface area contributed by atoms with Gasteiger partial charge in [-0.25, -0.2) is 4.98 Å². The number of nitrogens with one attached hydrogen (secondary N) is 2. The molecule has 1 atom stereocenters. The lowest BCUT2D eigenvalue weighted by molar-refractivity contribution is 0.0291. The molecule has 3 rings (SSSR count). The van der Waals surface area contributed by atoms with Gasteiger partial charge in [0.15, 0.2) is 11.5 Å². The van der Waals surface area contributed by atoms with Crippen molar-refractivity contribution in [2.24, 2.45) is 0 Å². The molecule has 0 amide bonds. The molecule has 1 unspecified atom stereocenters. The number of morpholine rings is 1. The number of hydrogen-bond donors (Lipinski definition) is 2. The minimum Gasteiger partial charge on any atom is -0.441 e. The van der Waals surface area contributed by atoms with Gasteiger partial charge in [0, 0.05) is 33.1 Å². The van der Waals surface area contributed by atoms with E-state index in [0.717, 1.165) is 43.9 Å². The van der Waals surface area contributed by atoms with E-state index in [4.69, 9.17) is 9.15 Å². The molecule has 1 saturated heterocycles. The number of ether oxygens (including phenoxy) is 1. The maximum Gasteiger partial charge on any atom is 0.192 e. The van der Waals surface area contributed by atoms with Crippen LogP contribution in [0.5, 0.6) is 0 Å². The van der Waals surface area contributed by atoms with E-state index in [1.54, 1.807) is 0 Å². The highest BCUT2D eigenvalue weighted by molar-refractivity contribution is 5.73. The van der Waals surface area contributed by atoms with Crippen molar-refractivity contribution in [3.63, 3.8) is 0 Å². The summed E-state index contributed by atoms with van der Waals surface area (Å²) in [6, 6.07) is 6.11. The van der Waals surface area contributed by atoms with Crippen molar-refractivity contribution in [1.29, 1.82) is 0 Å². The van der Waals surface area contributed by atoms with Gasteiger partial charge in [0.25, 0.3) is 0 Å². The number of aromatic nitrogens is 1. The summed E-state index contributed by atoms with van der Waals surface area (Å²) in [6.45, 7) is 6.24. The molecule has 0 spiro atoms. The summed E-state index contributed by atoms with van der Waals surface area (Å²) in [5, 5.41) is 6.74. The van der Waals surface area contributed by atoms with Crippen LogP contribution in [0.25, 0.3) is 11.1 Å². The molecular weight excluding hydrogens is 242 g/mol. The van der Waals surface area contributed by atoms with Crippen LogP contribution in [-0.2, 0) is 11.3 Å². The van der Waals surface area contributed by atoms with E-state index in [0.29, 0.717) is 5.89 Å². The number of benzene rings is 1. The standard InChI is InChI=1S/C14H19N3O2/c1-10-17-13-6-11(2-3-14(13)19-10)7-16-9-12-8-15-4-5-18-12/h2-3,6,12,15-16H,4-5,7-9H2,1H3. The van der Waals surface area contributed by atoms with Crippen molar-refractivity contribution in [3.8, 4) is 0 Å². The summed E-state index contributed by atoms with van der Waals surface area (Å²) in [4.78, 5) is 4.34. The normalized spacial score (nSPS) is 19.9. The quantitative estimate of drug-likeness (QED) is 0.866. The summed E-state index contributed by atoms with van der Waals surface area (Å²) in [5.41, 5.74) is 2.98. The van der Waals surface area contributed by atoms with Crippen LogP contribution in [0, 0.1) is 6.92 Å². The van der Waals surface area contributed by atoms with Crippen LogP contribution < -0.4 is 10.6 Å². The molecule has 2 heterocycles. The zero-order chi connectivity index (χ0) is 13.1. The fraction of sp³-hybridized carbons (Fsp3) is 0.500. The van der Waals surface area contributed by atoms with Crippen LogP contribution in [0.2, 0.25) is 0 Å². The molecule has 1 fully saturated rings. The zero-order valence-electron chi connectivity index (χ0n) is 11.1. The molecule has 1 aromatic heterocycles. The van der Waals surface area contributed by atoms with Crippen molar-refractivity contribution >= 4 is 11.1 Å². The van der Waals surface area contributed by atoms with Gasteiger partial charge in [0.1, 0.15) is 5.52 Å². The average molecular weight is 261 g/mol. The van der Waals surface area contributed by atoms with E-state index < -0.39 is 0 Å². The second-order valence-corrected chi connectivity index (χ2v) is 4.86. The Balaban J connectivity index is 1.55. The topological polar surface area (TPSA) is 59.3 Å². The zero-order valence-corrected chi connectivity index (χ0v) is 11.1. The molecule has 0 aliphatic carbocycles. The fourth-order valence-electron chi connectivity index (χ4n) is 2.33. The predicted octanol–water partition coefficient (Wildman–Crippen LogP) is 1.21. The van der Waals surface area contributed by atoms with Crippen LogP contribution in [-0.4, -0.2) is 37.3 Å². The first-order valence-corrected chi connectivity index (χ1v) is 6.70. The summed E-state index contributed by atoms with van der Waals surface area (Å²) in [5.74, 6) is 0.710. The molecule has 1 aliphatic rings. The largest absolute Gasteiger partial charge is 0.441 e. The van der Waals surface area contributed by atoms with E-state index in [9.17, 15) is 0 Å². The number of hydrogen-bond acceptors (Lipinski definition) is 5. The lowest BCUT2D eigenvalue weighted by Crippen LogP contribution is -2.43. The number of fused-ring (bicyclic) bond motifs is 1. The van der Waals surface area contributed by atoms with Crippen LogP contribution in [0.3, 0.4) is 0 Å². The monoisotopic (exact) mass is 261 g/mol. The third kappa shape index (κ3) is 3.12. The van der Waals surface area contributed by atoms with Gasteiger partial charge in [-0.1, -0.05) is 6.07 Å². The summed E-state index contributed by atoms with van der Waals surface area (Å²) in [6.07, 6.45) is 0.270. The Hall–Kier alpha value is -1.43. The van der Waals surface area contributed by atoms with E-state index in [1.807, 2.05) is 13.0 Å². The van der Waals surface area contributed by atoms with Gasteiger partial charge in [-0.2, -0.15) is 0 Å². The van der Waals surface area contributed by atoms with Gasteiger partial charge in [-0.15, -0.1) is 0 Å². The minimum absolute atomic E-state index is 0.270. The summed E-state index contributed by atoms with van der Waals surface area (Å²) >= 11 is 0. The van der Waals surface area contributed by atoms with Crippen molar-refractivity contribution < 1.29 is 9.15 Å². The maximum atomic E-state index is 5.64. The third-order valence-corrected chi connectivity index (χ3v) is 3.26. The van der Waals surface area contributed by atoms with Crippen molar-refractivity contribution in [2.75, 3.05) is 26.2 Å². The highest BCUT2D eigenvalue weighted by Crippen LogP contribution is 2.16. The predicted molar refractivity (Wildman–Crippen MR) is 73.1 cm³/mol. The van der Waals surface area contributed by atoms with Gasteiger partial charge in [-0.05, 0) is 17.7 Å². The molecule has 2 aromatic rings. The lowest BCUT2D eigenvalue weighted by Gasteiger charge is -2.23. The number of nitrogens with zero attached hydrogens (tertiary/aromatic N) is 1. The van der Waals surface area contributed by atoms with Gasteiger partial charge in [-0.3, -0.25) is 0 Å². The second-order valence-electron chi connectivity index (χ2n) is 4.86. The highest BCUT2D eigenvalue weighted by atomic mass is 16.5. The Kier molecular flexibility index (Phi) is 3.77. The fourth-order valence-corrected chi connectivity index (χ4v) is 2.33. The first-order chi connectivity index (χ1) is 9.31. The number of oxazole rings is 1. The molecule has 2 N–H and O–H groups in total. The lowest BCUT2D eigenvalue weighted by atomic mass is 10.2. The van der Waals surface area contributed by atoms with Crippen molar-refractivity contribution in [2.45, 2.75) is 19.6 Å². The van der Waals surface area contributed by atoms with Crippen LogP contribution in [0.15, 0.2) is 22.6 Å². The van der Waals surface area contributed by atoms with E-state index in [-0.39, 0.29) is 6.10 Å². The molecule has 1 aromatic carbocycles. The number of rotatable bonds is 4. The molecule has 0 radical (unpaired) electrons. The van der Waals surface area contributed by atoms with Gasteiger partial charge < -0.3 is 19.8 Å². The smallest absolute Gasteiger partial charge is 0.192 e. The molecule has 5 nitrogen and oxygen atoms in total. The van der Waals surface area contributed by atoms with E-state index in [1.165, 1.54) is 5.56 Å². The second kappa shape index (κ2) is 5.69. The molecule has 102 valence electrons. The molecule has 0 bridgehead atoms. The van der Waals surface area contributed by atoms with Gasteiger partial charge in [0.2, 0.25) is 0 Å². The van der Waals surface area contributed by atoms with Crippen LogP contribution in [0.4, 0.5) is 0 Å². The Labute approximate surface area is 112 Å².